The lowest BCUT2D eigenvalue weighted by molar-refractivity contribution is 0.322. The zero-order valence-electron chi connectivity index (χ0n) is 9.99. The molecule has 0 atom stereocenters. The Kier molecular flexibility index (Phi) is 4.16. The summed E-state index contributed by atoms with van der Waals surface area (Å²) in [6.07, 6.45) is 3.43. The number of nitrogens with zero attached hydrogens (tertiary/aromatic N) is 4. The molecule has 2 rings (SSSR count). The van der Waals surface area contributed by atoms with E-state index >= 15 is 0 Å². The van der Waals surface area contributed by atoms with E-state index in [1.807, 2.05) is 12.1 Å². The van der Waals surface area contributed by atoms with Crippen LogP contribution in [0.1, 0.15) is 12.0 Å². The van der Waals surface area contributed by atoms with Crippen molar-refractivity contribution in [2.75, 3.05) is 0 Å². The van der Waals surface area contributed by atoms with E-state index in [4.69, 9.17) is 22.1 Å². The Morgan fingerprint density at radius 3 is 2.79 bits per heavy atom. The van der Waals surface area contributed by atoms with Crippen LogP contribution >= 0.6 is 11.6 Å². The second-order valence-electron chi connectivity index (χ2n) is 3.86. The van der Waals surface area contributed by atoms with Crippen molar-refractivity contribution in [3.63, 3.8) is 0 Å². The molecule has 0 unspecified atom stereocenters. The van der Waals surface area contributed by atoms with E-state index in [1.165, 1.54) is 6.21 Å². The summed E-state index contributed by atoms with van der Waals surface area (Å²) in [5, 5.41) is 25.3. The molecule has 96 valence electrons. The maximum Gasteiger partial charge on any atom is 0.101 e. The summed E-state index contributed by atoms with van der Waals surface area (Å²) in [4.78, 5) is 0. The van der Waals surface area contributed by atoms with Gasteiger partial charge in [0.05, 0.1) is 25.2 Å². The number of hydrogen-bond acceptors (Lipinski definition) is 4. The van der Waals surface area contributed by atoms with Gasteiger partial charge < -0.3 is 5.21 Å². The first-order valence-electron chi connectivity index (χ1n) is 5.62. The minimum Gasteiger partial charge on any atom is -0.411 e. The number of nitriles is 1. The van der Waals surface area contributed by atoms with Gasteiger partial charge in [0.2, 0.25) is 0 Å². The third-order valence-corrected chi connectivity index (χ3v) is 2.81. The summed E-state index contributed by atoms with van der Waals surface area (Å²) in [5.41, 5.74) is 2.24. The van der Waals surface area contributed by atoms with Gasteiger partial charge in [0.15, 0.2) is 0 Å². The van der Waals surface area contributed by atoms with Crippen LogP contribution in [0.4, 0.5) is 0 Å². The SMILES string of the molecule is N#CCCn1cc(/C=N/O)c(-c2ccc(Cl)cc2)n1. The summed E-state index contributed by atoms with van der Waals surface area (Å²) in [5.74, 6) is 0. The maximum atomic E-state index is 8.68. The third-order valence-electron chi connectivity index (χ3n) is 2.56. The lowest BCUT2D eigenvalue weighted by atomic mass is 10.1. The lowest BCUT2D eigenvalue weighted by Crippen LogP contribution is -1.97. The Morgan fingerprint density at radius 1 is 1.42 bits per heavy atom. The van der Waals surface area contributed by atoms with Gasteiger partial charge in [0.1, 0.15) is 5.69 Å². The van der Waals surface area contributed by atoms with E-state index in [0.29, 0.717) is 29.2 Å². The Hall–Kier alpha value is -2.32. The van der Waals surface area contributed by atoms with Crippen molar-refractivity contribution in [1.82, 2.24) is 9.78 Å². The van der Waals surface area contributed by atoms with Crippen LogP contribution < -0.4 is 0 Å². The molecule has 5 nitrogen and oxygen atoms in total. The van der Waals surface area contributed by atoms with Crippen molar-refractivity contribution >= 4 is 17.8 Å². The quantitative estimate of drug-likeness (QED) is 0.529. The minimum atomic E-state index is 0.372. The molecule has 0 saturated heterocycles. The molecule has 0 spiro atoms. The molecule has 1 aromatic heterocycles. The number of rotatable bonds is 4. The molecule has 19 heavy (non-hydrogen) atoms. The molecule has 0 radical (unpaired) electrons. The minimum absolute atomic E-state index is 0.372. The molecule has 0 fully saturated rings. The average molecular weight is 275 g/mol. The van der Waals surface area contributed by atoms with Crippen LogP contribution in [0.5, 0.6) is 0 Å². The molecule has 1 N–H and O–H groups in total. The lowest BCUT2D eigenvalue weighted by Gasteiger charge is -1.99. The summed E-state index contributed by atoms with van der Waals surface area (Å²) >= 11 is 5.85. The standard InChI is InChI=1S/C13H11ClN4O/c14-12-4-2-10(3-5-12)13-11(8-16-19)9-18(17-13)7-1-6-15/h2-5,8-9,19H,1,7H2/b16-8+. The van der Waals surface area contributed by atoms with E-state index < -0.39 is 0 Å². The fraction of sp³-hybridized carbons (Fsp3) is 0.154. The molecule has 1 aromatic carbocycles. The van der Waals surface area contributed by atoms with Crippen LogP contribution in [0.15, 0.2) is 35.6 Å². The highest BCUT2D eigenvalue weighted by Crippen LogP contribution is 2.23. The molecule has 0 saturated carbocycles. The Balaban J connectivity index is 2.40. The van der Waals surface area contributed by atoms with Crippen LogP contribution in [0.3, 0.4) is 0 Å². The zero-order valence-corrected chi connectivity index (χ0v) is 10.7. The molecule has 2 aromatic rings. The third kappa shape index (κ3) is 3.12. The normalized spacial score (nSPS) is 10.7. The molecule has 6 heteroatoms. The first kappa shape index (κ1) is 13.1. The Bertz CT molecular complexity index is 625. The van der Waals surface area contributed by atoms with Crippen molar-refractivity contribution in [2.45, 2.75) is 13.0 Å². The molecule has 0 amide bonds. The van der Waals surface area contributed by atoms with Gasteiger partial charge in [-0.25, -0.2) is 0 Å². The molecule has 0 bridgehead atoms. The van der Waals surface area contributed by atoms with E-state index in [-0.39, 0.29) is 0 Å². The van der Waals surface area contributed by atoms with Gasteiger partial charge >= 0.3 is 0 Å². The molecule has 0 aliphatic rings. The molecular weight excluding hydrogens is 264 g/mol. The van der Waals surface area contributed by atoms with Crippen molar-refractivity contribution in [3.05, 3.63) is 41.0 Å². The number of benzene rings is 1. The van der Waals surface area contributed by atoms with Gasteiger partial charge in [-0.15, -0.1) is 0 Å². The Morgan fingerprint density at radius 2 is 2.16 bits per heavy atom. The maximum absolute atomic E-state index is 8.68. The Labute approximate surface area is 115 Å². The van der Waals surface area contributed by atoms with Crippen molar-refractivity contribution in [3.8, 4) is 17.3 Å². The fourth-order valence-electron chi connectivity index (χ4n) is 1.70. The molecule has 0 aliphatic carbocycles. The van der Waals surface area contributed by atoms with Crippen LogP contribution in [0.25, 0.3) is 11.3 Å². The second-order valence-corrected chi connectivity index (χ2v) is 4.29. The number of aromatic nitrogens is 2. The van der Waals surface area contributed by atoms with Gasteiger partial charge in [-0.1, -0.05) is 28.9 Å². The van der Waals surface area contributed by atoms with Gasteiger partial charge in [0, 0.05) is 22.3 Å². The van der Waals surface area contributed by atoms with Crippen LogP contribution in [-0.2, 0) is 6.54 Å². The summed E-state index contributed by atoms with van der Waals surface area (Å²) in [7, 11) is 0. The molecule has 0 aliphatic heterocycles. The highest BCUT2D eigenvalue weighted by Gasteiger charge is 2.09. The van der Waals surface area contributed by atoms with E-state index in [2.05, 4.69) is 16.3 Å². The van der Waals surface area contributed by atoms with Crippen molar-refractivity contribution in [1.29, 1.82) is 5.26 Å². The van der Waals surface area contributed by atoms with E-state index in [0.717, 1.165) is 5.56 Å². The number of aryl methyl sites for hydroxylation is 1. The monoisotopic (exact) mass is 274 g/mol. The smallest absolute Gasteiger partial charge is 0.101 e. The zero-order chi connectivity index (χ0) is 13.7. The first-order valence-corrected chi connectivity index (χ1v) is 6.00. The van der Waals surface area contributed by atoms with Crippen LogP contribution in [0.2, 0.25) is 5.02 Å². The average Bonchev–Trinajstić information content (AvgIpc) is 2.81. The van der Waals surface area contributed by atoms with E-state index in [9.17, 15) is 0 Å². The predicted molar refractivity (Wildman–Crippen MR) is 72.3 cm³/mol. The second kappa shape index (κ2) is 6.03. The largest absolute Gasteiger partial charge is 0.411 e. The summed E-state index contributed by atoms with van der Waals surface area (Å²) in [6.45, 7) is 0.496. The summed E-state index contributed by atoms with van der Waals surface area (Å²) in [6, 6.07) is 9.28. The number of oxime groups is 1. The predicted octanol–water partition coefficient (Wildman–Crippen LogP) is 2.93. The van der Waals surface area contributed by atoms with Crippen LogP contribution in [-0.4, -0.2) is 21.2 Å². The number of halogens is 1. The molecule has 1 heterocycles. The topological polar surface area (TPSA) is 74.2 Å². The van der Waals surface area contributed by atoms with Gasteiger partial charge in [-0.2, -0.15) is 10.4 Å². The van der Waals surface area contributed by atoms with Gasteiger partial charge in [-0.3, -0.25) is 4.68 Å². The first-order chi connectivity index (χ1) is 9.24. The highest BCUT2D eigenvalue weighted by atomic mass is 35.5. The van der Waals surface area contributed by atoms with Crippen molar-refractivity contribution in [2.24, 2.45) is 5.16 Å². The van der Waals surface area contributed by atoms with Crippen molar-refractivity contribution < 1.29 is 5.21 Å². The van der Waals surface area contributed by atoms with Gasteiger partial charge in [-0.05, 0) is 12.1 Å². The highest BCUT2D eigenvalue weighted by molar-refractivity contribution is 6.30. The number of hydrogen-bond donors (Lipinski definition) is 1. The van der Waals surface area contributed by atoms with Crippen LogP contribution in [0, 0.1) is 11.3 Å². The van der Waals surface area contributed by atoms with Gasteiger partial charge in [0.25, 0.3) is 0 Å². The van der Waals surface area contributed by atoms with E-state index in [1.54, 1.807) is 23.0 Å². The summed E-state index contributed by atoms with van der Waals surface area (Å²) < 4.78 is 1.66. The fourth-order valence-corrected chi connectivity index (χ4v) is 1.83. The molecular formula is C13H11ClN4O.